The molecule has 5 rings (SSSR count). The van der Waals surface area contributed by atoms with Gasteiger partial charge in [-0.25, -0.2) is 12.7 Å². The summed E-state index contributed by atoms with van der Waals surface area (Å²) in [5.74, 6) is -1.30. The molecule has 1 unspecified atom stereocenters. The molecule has 0 saturated heterocycles. The van der Waals surface area contributed by atoms with E-state index in [1.54, 1.807) is 55.4 Å². The molecular weight excluding hydrogens is 577 g/mol. The molecule has 2 heterocycles. The third-order valence-electron chi connectivity index (χ3n) is 6.68. The lowest BCUT2D eigenvalue weighted by Crippen LogP contribution is -2.52. The Kier molecular flexibility index (Phi) is 7.13. The Hall–Kier alpha value is -3.83. The van der Waals surface area contributed by atoms with E-state index in [9.17, 15) is 18.0 Å². The average molecular weight is 600 g/mol. The maximum Gasteiger partial charge on any atom is 0.291 e. The van der Waals surface area contributed by atoms with Gasteiger partial charge in [0.15, 0.2) is 11.3 Å². The van der Waals surface area contributed by atoms with Gasteiger partial charge < -0.3 is 14.5 Å². The van der Waals surface area contributed by atoms with E-state index >= 15 is 0 Å². The molecule has 0 spiro atoms. The Bertz CT molecular complexity index is 1740. The van der Waals surface area contributed by atoms with E-state index in [-0.39, 0.29) is 32.8 Å². The van der Waals surface area contributed by atoms with Crippen molar-refractivity contribution in [2.45, 2.75) is 10.4 Å². The van der Waals surface area contributed by atoms with Gasteiger partial charge >= 0.3 is 0 Å². The van der Waals surface area contributed by atoms with Crippen molar-refractivity contribution in [3.8, 4) is 5.75 Å². The van der Waals surface area contributed by atoms with E-state index in [4.69, 9.17) is 32.4 Å². The van der Waals surface area contributed by atoms with E-state index < -0.39 is 27.4 Å². The number of fused-ring (bicyclic) bond motifs is 1. The van der Waals surface area contributed by atoms with E-state index in [2.05, 4.69) is 5.32 Å². The number of hydrogen-bond acceptors (Lipinski definition) is 7. The normalized spacial score (nSPS) is 16.8. The minimum atomic E-state index is -4.56. The first-order valence-corrected chi connectivity index (χ1v) is 14.1. The number of furan rings is 1. The summed E-state index contributed by atoms with van der Waals surface area (Å²) >= 11 is 13.0. The summed E-state index contributed by atoms with van der Waals surface area (Å²) in [7, 11) is 0.0671. The first-order valence-electron chi connectivity index (χ1n) is 11.9. The van der Waals surface area contributed by atoms with E-state index in [0.717, 1.165) is 4.31 Å². The molecule has 9 nitrogen and oxygen atoms in total. The third-order valence-corrected chi connectivity index (χ3v) is 8.98. The standard InChI is InChI=1S/C28H23Cl2N3O6S/c1-32(2)28(19-7-4-5-8-21(19)30)20-15-17(29)10-12-22(20)33(27(28)35)40(36,37)25-13-11-18(16-24(25)38-3)31-26(34)23-9-6-14-39-23/h4-16H,1-3H3,(H,31,34). The highest BCUT2D eigenvalue weighted by molar-refractivity contribution is 7.93. The SMILES string of the molecule is COc1cc(NC(=O)c2ccco2)ccc1S(=O)(=O)N1C(=O)C(c2ccccc2Cl)(N(C)C)c2cc(Cl)ccc21. The molecule has 0 fully saturated rings. The largest absolute Gasteiger partial charge is 0.495 e. The highest BCUT2D eigenvalue weighted by atomic mass is 35.5. The fourth-order valence-electron chi connectivity index (χ4n) is 4.93. The quantitative estimate of drug-likeness (QED) is 0.303. The zero-order valence-electron chi connectivity index (χ0n) is 21.5. The molecular formula is C28H23Cl2N3O6S. The molecule has 0 radical (unpaired) electrons. The number of carbonyl (C=O) groups excluding carboxylic acids is 2. The van der Waals surface area contributed by atoms with Crippen LogP contribution in [0.25, 0.3) is 0 Å². The molecule has 1 aromatic heterocycles. The van der Waals surface area contributed by atoms with Gasteiger partial charge in [0.1, 0.15) is 10.6 Å². The molecule has 0 bridgehead atoms. The van der Waals surface area contributed by atoms with Crippen LogP contribution in [0, 0.1) is 0 Å². The summed E-state index contributed by atoms with van der Waals surface area (Å²) in [5.41, 5.74) is -0.463. The van der Waals surface area contributed by atoms with Gasteiger partial charge in [-0.3, -0.25) is 14.5 Å². The number of likely N-dealkylation sites (N-methyl/N-ethyl adjacent to an activating group) is 1. The average Bonchev–Trinajstić information content (AvgIpc) is 3.54. The molecule has 4 aromatic rings. The van der Waals surface area contributed by atoms with Crippen LogP contribution in [0.3, 0.4) is 0 Å². The van der Waals surface area contributed by atoms with Crippen LogP contribution in [0.1, 0.15) is 21.7 Å². The monoisotopic (exact) mass is 599 g/mol. The van der Waals surface area contributed by atoms with Crippen molar-refractivity contribution in [3.05, 3.63) is 106 Å². The molecule has 2 amide bonds. The Morgan fingerprint density at radius 3 is 2.40 bits per heavy atom. The molecule has 12 heteroatoms. The van der Waals surface area contributed by atoms with Crippen molar-refractivity contribution in [2.24, 2.45) is 0 Å². The lowest BCUT2D eigenvalue weighted by molar-refractivity contribution is -0.125. The van der Waals surface area contributed by atoms with Crippen molar-refractivity contribution in [1.29, 1.82) is 0 Å². The van der Waals surface area contributed by atoms with Crippen LogP contribution in [-0.4, -0.2) is 46.3 Å². The predicted octanol–water partition coefficient (Wildman–Crippen LogP) is 5.39. The summed E-state index contributed by atoms with van der Waals surface area (Å²) < 4.78 is 39.8. The number of ether oxygens (including phenoxy) is 1. The number of benzene rings is 3. The van der Waals surface area contributed by atoms with E-state index in [1.807, 2.05) is 0 Å². The van der Waals surface area contributed by atoms with Crippen LogP contribution in [-0.2, 0) is 20.4 Å². The predicted molar refractivity (Wildman–Crippen MR) is 152 cm³/mol. The van der Waals surface area contributed by atoms with Gasteiger partial charge in [-0.2, -0.15) is 0 Å². The topological polar surface area (TPSA) is 109 Å². The molecule has 1 atom stereocenters. The van der Waals surface area contributed by atoms with Crippen LogP contribution < -0.4 is 14.4 Å². The molecule has 3 aromatic carbocycles. The summed E-state index contributed by atoms with van der Waals surface area (Å²) in [4.78, 5) is 28.2. The van der Waals surface area contributed by atoms with Gasteiger partial charge in [-0.05, 0) is 62.6 Å². The number of carbonyl (C=O) groups is 2. The number of halogens is 2. The molecule has 0 saturated carbocycles. The summed E-state index contributed by atoms with van der Waals surface area (Å²) in [6.07, 6.45) is 1.36. The Labute approximate surface area is 240 Å². The zero-order valence-corrected chi connectivity index (χ0v) is 23.8. The Balaban J connectivity index is 1.65. The highest BCUT2D eigenvalue weighted by Crippen LogP contribution is 2.52. The van der Waals surface area contributed by atoms with Crippen LogP contribution in [0.4, 0.5) is 11.4 Å². The zero-order chi connectivity index (χ0) is 28.8. The van der Waals surface area contributed by atoms with Crippen molar-refractivity contribution < 1.29 is 27.2 Å². The maximum atomic E-state index is 14.4. The van der Waals surface area contributed by atoms with Crippen molar-refractivity contribution in [3.63, 3.8) is 0 Å². The molecule has 40 heavy (non-hydrogen) atoms. The second-order valence-corrected chi connectivity index (χ2v) is 11.7. The lowest BCUT2D eigenvalue weighted by atomic mass is 9.82. The number of anilines is 2. The number of rotatable bonds is 7. The van der Waals surface area contributed by atoms with Gasteiger partial charge in [-0.15, -0.1) is 0 Å². The number of nitrogens with one attached hydrogen (secondary N) is 1. The number of methoxy groups -OCH3 is 1. The van der Waals surface area contributed by atoms with Crippen LogP contribution in [0.5, 0.6) is 5.75 Å². The minimum absolute atomic E-state index is 0.0770. The molecule has 206 valence electrons. The molecule has 1 N–H and O–H groups in total. The number of amides is 2. The first kappa shape index (κ1) is 27.7. The Morgan fingerprint density at radius 1 is 1.00 bits per heavy atom. The van der Waals surface area contributed by atoms with Gasteiger partial charge in [-0.1, -0.05) is 41.4 Å². The maximum absolute atomic E-state index is 14.4. The van der Waals surface area contributed by atoms with Gasteiger partial charge in [0.05, 0.1) is 19.1 Å². The van der Waals surface area contributed by atoms with Crippen LogP contribution in [0.2, 0.25) is 10.0 Å². The third kappa shape index (κ3) is 4.24. The summed E-state index contributed by atoms with van der Waals surface area (Å²) in [6.45, 7) is 0. The second-order valence-electron chi connectivity index (χ2n) is 9.12. The van der Waals surface area contributed by atoms with Crippen molar-refractivity contribution >= 4 is 56.4 Å². The summed E-state index contributed by atoms with van der Waals surface area (Å²) in [6, 6.07) is 18.4. The van der Waals surface area contributed by atoms with E-state index in [0.29, 0.717) is 16.1 Å². The minimum Gasteiger partial charge on any atom is -0.495 e. The summed E-state index contributed by atoms with van der Waals surface area (Å²) in [5, 5.41) is 3.23. The van der Waals surface area contributed by atoms with Gasteiger partial charge in [0.2, 0.25) is 0 Å². The molecule has 1 aliphatic rings. The van der Waals surface area contributed by atoms with Crippen molar-refractivity contribution in [2.75, 3.05) is 30.8 Å². The smallest absolute Gasteiger partial charge is 0.291 e. The number of hydrogen-bond donors (Lipinski definition) is 1. The molecule has 1 aliphatic heterocycles. The fraction of sp³-hybridized carbons (Fsp3) is 0.143. The van der Waals surface area contributed by atoms with Gasteiger partial charge in [0.25, 0.3) is 21.8 Å². The Morgan fingerprint density at radius 2 is 1.75 bits per heavy atom. The molecule has 0 aliphatic carbocycles. The van der Waals surface area contributed by atoms with E-state index in [1.165, 1.54) is 49.8 Å². The van der Waals surface area contributed by atoms with Gasteiger partial charge in [0, 0.05) is 32.9 Å². The lowest BCUT2D eigenvalue weighted by Gasteiger charge is -2.36. The number of sulfonamides is 1. The fourth-order valence-corrected chi connectivity index (χ4v) is 6.98. The highest BCUT2D eigenvalue weighted by Gasteiger charge is 2.58. The first-order chi connectivity index (χ1) is 19.0. The number of nitrogens with zero attached hydrogens (tertiary/aromatic N) is 2. The van der Waals surface area contributed by atoms with Crippen LogP contribution >= 0.6 is 23.2 Å². The van der Waals surface area contributed by atoms with Crippen molar-refractivity contribution in [1.82, 2.24) is 4.90 Å². The van der Waals surface area contributed by atoms with Crippen LogP contribution in [0.15, 0.2) is 88.4 Å². The second kappa shape index (κ2) is 10.3.